The van der Waals surface area contributed by atoms with Crippen molar-refractivity contribution in [2.24, 2.45) is 0 Å². The summed E-state index contributed by atoms with van der Waals surface area (Å²) in [5, 5.41) is 0. The second kappa shape index (κ2) is 9.16. The molecule has 0 saturated carbocycles. The molecule has 24 heavy (non-hydrogen) atoms. The van der Waals surface area contributed by atoms with E-state index in [9.17, 15) is 0 Å². The third-order valence-electron chi connectivity index (χ3n) is 3.34. The molecule has 3 N–H and O–H groups in total. The first-order chi connectivity index (χ1) is 11.6. The van der Waals surface area contributed by atoms with Crippen molar-refractivity contribution >= 4 is 8.60 Å². The van der Waals surface area contributed by atoms with Gasteiger partial charge in [-0.15, -0.1) is 0 Å². The van der Waals surface area contributed by atoms with Gasteiger partial charge in [0, 0.05) is 0 Å². The molecule has 0 amide bonds. The highest BCUT2D eigenvalue weighted by Crippen LogP contribution is 2.32. The highest BCUT2D eigenvalue weighted by Gasteiger charge is 2.07. The van der Waals surface area contributed by atoms with Gasteiger partial charge in [-0.1, -0.05) is 60.7 Å². The van der Waals surface area contributed by atoms with Gasteiger partial charge in [-0.3, -0.25) is 0 Å². The summed E-state index contributed by atoms with van der Waals surface area (Å²) in [5.74, 6) is 1.76. The third-order valence-corrected chi connectivity index (χ3v) is 3.34. The maximum Gasteiger partial charge on any atom is 0.324 e. The Morgan fingerprint density at radius 2 is 1.25 bits per heavy atom. The Labute approximate surface area is 142 Å². The van der Waals surface area contributed by atoms with Gasteiger partial charge < -0.3 is 19.4 Å². The SMILES string of the molecule is Cc1c(Oc2ccccc2)cccc1-c1ccccc1.OP(O)O. The molecular formula is C19H19O4P. The number of benzene rings is 3. The van der Waals surface area contributed by atoms with E-state index >= 15 is 0 Å². The monoisotopic (exact) mass is 342 g/mol. The van der Waals surface area contributed by atoms with E-state index in [1.54, 1.807) is 0 Å². The normalized spacial score (nSPS) is 10.0. The minimum absolute atomic E-state index is 0.862. The van der Waals surface area contributed by atoms with E-state index < -0.39 is 8.60 Å². The van der Waals surface area contributed by atoms with Gasteiger partial charge in [-0.05, 0) is 41.8 Å². The van der Waals surface area contributed by atoms with Crippen LogP contribution in [0.1, 0.15) is 5.56 Å². The molecule has 0 unspecified atom stereocenters. The summed E-state index contributed by atoms with van der Waals surface area (Å²) in [4.78, 5) is 21.7. The zero-order chi connectivity index (χ0) is 17.4. The van der Waals surface area contributed by atoms with Crippen molar-refractivity contribution in [3.05, 3.63) is 84.4 Å². The van der Waals surface area contributed by atoms with Crippen LogP contribution in [0.5, 0.6) is 11.5 Å². The first kappa shape index (κ1) is 18.1. The van der Waals surface area contributed by atoms with Crippen LogP contribution >= 0.6 is 8.60 Å². The zero-order valence-electron chi connectivity index (χ0n) is 13.2. The molecule has 0 atom stereocenters. The van der Waals surface area contributed by atoms with Gasteiger partial charge in [-0.25, -0.2) is 0 Å². The molecule has 5 heteroatoms. The lowest BCUT2D eigenvalue weighted by Gasteiger charge is -2.12. The van der Waals surface area contributed by atoms with E-state index in [0.29, 0.717) is 0 Å². The molecule has 0 fully saturated rings. The van der Waals surface area contributed by atoms with Crippen molar-refractivity contribution in [3.63, 3.8) is 0 Å². The standard InChI is InChI=1S/C19H16O.H3O3P/c1-15-18(16-9-4-2-5-10-16)13-8-14-19(15)20-17-11-6-3-7-12-17;1-4(2)3/h2-14H,1H3;1-3H. The maximum absolute atomic E-state index is 7.23. The Kier molecular flexibility index (Phi) is 6.91. The van der Waals surface area contributed by atoms with E-state index in [1.807, 2.05) is 48.5 Å². The summed E-state index contributed by atoms with van der Waals surface area (Å²) >= 11 is 0. The van der Waals surface area contributed by atoms with Crippen molar-refractivity contribution in [3.8, 4) is 22.6 Å². The van der Waals surface area contributed by atoms with Gasteiger partial charge in [0.1, 0.15) is 11.5 Å². The van der Waals surface area contributed by atoms with Crippen LogP contribution in [-0.4, -0.2) is 14.7 Å². The summed E-state index contributed by atoms with van der Waals surface area (Å²) in [6.45, 7) is 2.10. The van der Waals surface area contributed by atoms with E-state index in [0.717, 1.165) is 17.1 Å². The highest BCUT2D eigenvalue weighted by molar-refractivity contribution is 7.38. The number of hydrogen-bond acceptors (Lipinski definition) is 4. The lowest BCUT2D eigenvalue weighted by molar-refractivity contribution is 0.368. The van der Waals surface area contributed by atoms with E-state index in [2.05, 4.69) is 37.3 Å². The summed E-state index contributed by atoms with van der Waals surface area (Å²) in [6.07, 6.45) is 0. The predicted molar refractivity (Wildman–Crippen MR) is 96.7 cm³/mol. The minimum atomic E-state index is -2.62. The molecule has 0 aliphatic heterocycles. The number of para-hydroxylation sites is 1. The smallest absolute Gasteiger partial charge is 0.324 e. The second-order valence-corrected chi connectivity index (χ2v) is 5.51. The molecule has 0 aromatic heterocycles. The Hall–Kier alpha value is -2.23. The molecule has 0 aliphatic rings. The molecule has 0 radical (unpaired) electrons. The van der Waals surface area contributed by atoms with Crippen LogP contribution in [0.3, 0.4) is 0 Å². The first-order valence-electron chi connectivity index (χ1n) is 7.32. The number of ether oxygens (including phenoxy) is 1. The quantitative estimate of drug-likeness (QED) is 0.606. The fraction of sp³-hybridized carbons (Fsp3) is 0.0526. The van der Waals surface area contributed by atoms with Gasteiger partial charge >= 0.3 is 8.60 Å². The second-order valence-electron chi connectivity index (χ2n) is 4.98. The lowest BCUT2D eigenvalue weighted by Crippen LogP contribution is -1.90. The topological polar surface area (TPSA) is 69.9 Å². The van der Waals surface area contributed by atoms with Crippen LogP contribution in [0.25, 0.3) is 11.1 Å². The Balaban J connectivity index is 0.000000471. The van der Waals surface area contributed by atoms with Crippen LogP contribution in [0.15, 0.2) is 78.9 Å². The highest BCUT2D eigenvalue weighted by atomic mass is 31.2. The third kappa shape index (κ3) is 5.44. The van der Waals surface area contributed by atoms with Gasteiger partial charge in [0.05, 0.1) is 0 Å². The largest absolute Gasteiger partial charge is 0.457 e. The van der Waals surface area contributed by atoms with E-state index in [-0.39, 0.29) is 0 Å². The van der Waals surface area contributed by atoms with Crippen molar-refractivity contribution in [1.82, 2.24) is 0 Å². The van der Waals surface area contributed by atoms with Crippen molar-refractivity contribution in [2.75, 3.05) is 0 Å². The molecule has 0 saturated heterocycles. The molecule has 3 rings (SSSR count). The van der Waals surface area contributed by atoms with Crippen molar-refractivity contribution < 1.29 is 19.4 Å². The van der Waals surface area contributed by atoms with Crippen molar-refractivity contribution in [2.45, 2.75) is 6.92 Å². The van der Waals surface area contributed by atoms with Crippen LogP contribution in [-0.2, 0) is 0 Å². The molecule has 0 heterocycles. The summed E-state index contributed by atoms with van der Waals surface area (Å²) < 4.78 is 5.97. The van der Waals surface area contributed by atoms with Crippen molar-refractivity contribution in [1.29, 1.82) is 0 Å². The summed E-state index contributed by atoms with van der Waals surface area (Å²) in [5.41, 5.74) is 3.57. The molecule has 0 spiro atoms. The summed E-state index contributed by atoms with van der Waals surface area (Å²) in [7, 11) is -2.62. The molecular weight excluding hydrogens is 323 g/mol. The molecule has 0 aliphatic carbocycles. The average Bonchev–Trinajstić information content (AvgIpc) is 2.58. The first-order valence-corrected chi connectivity index (χ1v) is 8.52. The Morgan fingerprint density at radius 3 is 1.83 bits per heavy atom. The van der Waals surface area contributed by atoms with Gasteiger partial charge in [-0.2, -0.15) is 0 Å². The Morgan fingerprint density at radius 1 is 0.708 bits per heavy atom. The lowest BCUT2D eigenvalue weighted by atomic mass is 10.00. The fourth-order valence-corrected chi connectivity index (χ4v) is 2.27. The van der Waals surface area contributed by atoms with E-state index in [1.165, 1.54) is 11.1 Å². The molecule has 3 aromatic rings. The van der Waals surface area contributed by atoms with Crippen LogP contribution in [0, 0.1) is 6.92 Å². The molecule has 3 aromatic carbocycles. The number of hydrogen-bond donors (Lipinski definition) is 3. The van der Waals surface area contributed by atoms with Crippen LogP contribution in [0.4, 0.5) is 0 Å². The Bertz CT molecular complexity index is 743. The minimum Gasteiger partial charge on any atom is -0.457 e. The maximum atomic E-state index is 7.23. The number of rotatable bonds is 3. The van der Waals surface area contributed by atoms with Crippen LogP contribution in [0.2, 0.25) is 0 Å². The fourth-order valence-electron chi connectivity index (χ4n) is 2.27. The van der Waals surface area contributed by atoms with Gasteiger partial charge in [0.2, 0.25) is 0 Å². The predicted octanol–water partition coefficient (Wildman–Crippen LogP) is 4.64. The zero-order valence-corrected chi connectivity index (χ0v) is 14.1. The molecule has 0 bridgehead atoms. The average molecular weight is 342 g/mol. The molecule has 124 valence electrons. The van der Waals surface area contributed by atoms with Gasteiger partial charge in [0.25, 0.3) is 0 Å². The van der Waals surface area contributed by atoms with Crippen LogP contribution < -0.4 is 4.74 Å². The van der Waals surface area contributed by atoms with E-state index in [4.69, 9.17) is 19.4 Å². The van der Waals surface area contributed by atoms with Gasteiger partial charge in [0.15, 0.2) is 0 Å². The molecule has 4 nitrogen and oxygen atoms in total. The summed E-state index contributed by atoms with van der Waals surface area (Å²) in [6, 6.07) is 26.4.